The Hall–Kier alpha value is -9.90. The van der Waals surface area contributed by atoms with Crippen molar-refractivity contribution in [1.82, 2.24) is 81.1 Å². The molecular weight excluding hydrogens is 1620 g/mol. The van der Waals surface area contributed by atoms with Crippen molar-refractivity contribution >= 4 is 111 Å². The molecule has 5 rings (SSSR count). The van der Waals surface area contributed by atoms with Gasteiger partial charge in [-0.05, 0) is 124 Å². The van der Waals surface area contributed by atoms with E-state index in [4.69, 9.17) is 11.6 Å². The number of amides is 13. The van der Waals surface area contributed by atoms with Gasteiger partial charge >= 0.3 is 0 Å². The number of aliphatic hydroxyl groups is 1. The van der Waals surface area contributed by atoms with Gasteiger partial charge in [-0.2, -0.15) is 4.98 Å². The van der Waals surface area contributed by atoms with Crippen LogP contribution in [0, 0.1) is 53.1 Å². The number of aromatic nitrogens is 2. The van der Waals surface area contributed by atoms with Crippen LogP contribution in [0.15, 0.2) is 36.9 Å². The van der Waals surface area contributed by atoms with Crippen LogP contribution in [0.5, 0.6) is 5.75 Å². The van der Waals surface area contributed by atoms with Crippen LogP contribution in [-0.4, -0.2) is 311 Å². The van der Waals surface area contributed by atoms with Gasteiger partial charge in [-0.25, -0.2) is 13.8 Å². The molecule has 2 aromatic carbocycles. The molecule has 0 aliphatic carbocycles. The fraction of sp³-hybridized carbons (Fsp3) is 0.670. The molecule has 3 aromatic rings. The lowest BCUT2D eigenvalue weighted by Gasteiger charge is -2.42. The van der Waals surface area contributed by atoms with E-state index >= 15 is 23.2 Å². The van der Waals surface area contributed by atoms with Crippen molar-refractivity contribution < 1.29 is 81.3 Å². The monoisotopic (exact) mass is 1760 g/mol. The molecule has 0 bridgehead atoms. The summed E-state index contributed by atoms with van der Waals surface area (Å²) in [5.41, 5.74) is -1.16. The minimum Gasteiger partial charge on any atom is -0.507 e. The number of fused-ring (bicyclic) bond motifs is 1. The molecule has 2 saturated heterocycles. The van der Waals surface area contributed by atoms with Crippen LogP contribution >= 0.6 is 11.6 Å². The highest BCUT2D eigenvalue weighted by Crippen LogP contribution is 2.43. The first-order chi connectivity index (χ1) is 58.0. The number of anilines is 2. The first-order valence-electron chi connectivity index (χ1n) is 43.3. The van der Waals surface area contributed by atoms with Gasteiger partial charge in [0.05, 0.1) is 35.3 Å². The van der Waals surface area contributed by atoms with Crippen molar-refractivity contribution in [3.63, 3.8) is 0 Å². The van der Waals surface area contributed by atoms with Gasteiger partial charge in [0.25, 0.3) is 0 Å². The van der Waals surface area contributed by atoms with Crippen LogP contribution in [0.25, 0.3) is 22.0 Å². The van der Waals surface area contributed by atoms with Gasteiger partial charge in [0.1, 0.15) is 71.2 Å². The maximum absolute atomic E-state index is 16.8. The largest absolute Gasteiger partial charge is 0.507 e. The van der Waals surface area contributed by atoms with Gasteiger partial charge in [-0.1, -0.05) is 121 Å². The molecule has 33 nitrogen and oxygen atoms in total. The van der Waals surface area contributed by atoms with E-state index in [1.54, 1.807) is 46.4 Å². The summed E-state index contributed by atoms with van der Waals surface area (Å²) in [5, 5.41) is 43.3. The van der Waals surface area contributed by atoms with E-state index < -0.39 is 184 Å². The Kier molecular flexibility index (Phi) is 40.5. The number of rotatable bonds is 27. The van der Waals surface area contributed by atoms with Crippen LogP contribution in [0.4, 0.5) is 20.5 Å². The molecule has 13 amide bonds. The number of carbonyl (C=O) groups excluding carboxylic acids is 13. The Morgan fingerprint density at radius 3 is 1.65 bits per heavy atom. The van der Waals surface area contributed by atoms with Crippen molar-refractivity contribution in [2.75, 3.05) is 118 Å². The Bertz CT molecular complexity index is 4220. The minimum absolute atomic E-state index is 0.0160. The maximum atomic E-state index is 16.8. The minimum atomic E-state index is -1.37. The van der Waals surface area contributed by atoms with Gasteiger partial charge in [0.15, 0.2) is 5.82 Å². The average molecular weight is 1760 g/mol. The quantitative estimate of drug-likeness (QED) is 0.0323. The molecule has 1 aromatic heterocycles. The number of phenols is 1. The second kappa shape index (κ2) is 48.0. The second-order valence-corrected chi connectivity index (χ2v) is 36.0. The van der Waals surface area contributed by atoms with Crippen molar-refractivity contribution in [3.05, 3.63) is 53.6 Å². The smallest absolute Gasteiger partial charge is 0.246 e. The SMILES string of the molecule is C=CC(=O)N1CCN(c2nc(NCCC(=O)NCCNC(=O)CCC[C@@H](C)[C@@H](O)[C@H]3CN[C@@H](CC)C(=O)N(C)CC(=O)N(C)[C@@H](CC(C)C)C(=O)N[C@@H](C(C)C)C(=O)N(C)[C@@H](CC(C)C)C(=O)N[C@@H](C)C(=O)N[C@H](C)C(=O)N(C)[C@@H](CC(C)C)C(=O)N(C)[C@@H](CC(C)C)C(=O)N(C)[C@@H](C(C)C)C(=O)N3C)nc3c(F)c(-c4c(O)cccc4F)c(Cl)cc23)CC1. The van der Waals surface area contributed by atoms with Gasteiger partial charge in [-0.3, -0.25) is 62.3 Å². The second-order valence-electron chi connectivity index (χ2n) is 35.5. The molecule has 3 heterocycles. The molecule has 9 N–H and O–H groups in total. The topological polar surface area (TPSA) is 402 Å². The zero-order valence-corrected chi connectivity index (χ0v) is 77.7. The van der Waals surface area contributed by atoms with Crippen LogP contribution in [0.2, 0.25) is 5.02 Å². The molecule has 0 radical (unpaired) electrons. The number of nitrogens with one attached hydrogen (secondary N) is 7. The molecule has 692 valence electrons. The molecule has 36 heteroatoms. The first-order valence-corrected chi connectivity index (χ1v) is 43.7. The molecular formula is C88H139ClF2N18O15. The number of benzene rings is 2. The summed E-state index contributed by atoms with van der Waals surface area (Å²) in [7, 11) is 10.1. The summed E-state index contributed by atoms with van der Waals surface area (Å²) in [5.74, 6) is -12.4. The molecule has 124 heavy (non-hydrogen) atoms. The first kappa shape index (κ1) is 105. The van der Waals surface area contributed by atoms with Crippen LogP contribution in [0.3, 0.4) is 0 Å². The van der Waals surface area contributed by atoms with Crippen LogP contribution in [0.1, 0.15) is 169 Å². The van der Waals surface area contributed by atoms with Crippen molar-refractivity contribution in [2.45, 2.75) is 235 Å². The zero-order valence-electron chi connectivity index (χ0n) is 77.0. The molecule has 2 aliphatic rings. The highest BCUT2D eigenvalue weighted by atomic mass is 35.5. The van der Waals surface area contributed by atoms with E-state index in [-0.39, 0.29) is 173 Å². The van der Waals surface area contributed by atoms with E-state index in [0.717, 1.165) is 6.07 Å². The van der Waals surface area contributed by atoms with E-state index in [1.807, 2.05) is 60.3 Å². The number of nitrogens with zero attached hydrogens (tertiary/aromatic N) is 11. The highest BCUT2D eigenvalue weighted by molar-refractivity contribution is 6.34. The fourth-order valence-corrected chi connectivity index (χ4v) is 16.0. The van der Waals surface area contributed by atoms with Gasteiger partial charge in [0.2, 0.25) is 82.7 Å². The Labute approximate surface area is 735 Å². The fourth-order valence-electron chi connectivity index (χ4n) is 15.7. The lowest BCUT2D eigenvalue weighted by molar-refractivity contribution is -0.156. The predicted octanol–water partition coefficient (Wildman–Crippen LogP) is 5.76. The number of likely N-dealkylation sites (N-methyl/N-ethyl adjacent to an activating group) is 7. The number of aromatic hydroxyl groups is 1. The number of carbonyl (C=O) groups is 13. The average Bonchev–Trinajstić information content (AvgIpc) is 0.746. The third-order valence-electron chi connectivity index (χ3n) is 23.1. The summed E-state index contributed by atoms with van der Waals surface area (Å²) < 4.78 is 32.0. The van der Waals surface area contributed by atoms with Gasteiger partial charge in [-0.15, -0.1) is 0 Å². The molecule has 0 spiro atoms. The molecule has 2 fully saturated rings. The number of phenolic OH excluding ortho intramolecular Hbond substituents is 1. The van der Waals surface area contributed by atoms with Crippen LogP contribution < -0.4 is 42.1 Å². The summed E-state index contributed by atoms with van der Waals surface area (Å²) in [6.45, 7) is 32.1. The van der Waals surface area contributed by atoms with E-state index in [9.17, 15) is 58.2 Å². The zero-order chi connectivity index (χ0) is 93.5. The van der Waals surface area contributed by atoms with Crippen molar-refractivity contribution in [1.29, 1.82) is 0 Å². The number of piperazine rings is 1. The third kappa shape index (κ3) is 28.1. The molecule has 0 saturated carbocycles. The summed E-state index contributed by atoms with van der Waals surface area (Å²) in [4.78, 5) is 208. The molecule has 0 unspecified atom stereocenters. The number of hydrogen-bond acceptors (Lipinski definition) is 20. The standard InChI is InChI=1S/C88H139ClF2N18O15/c1-25-60-83(120)101(18)47-70(114)102(19)61(41-48(3)4)81(118)98-74(52(11)12)86(123)103(20)62(42-49(5)6)80(117)96-55(16)79(116)97-56(17)82(119)104(21)63(43-50(7)8)84(121)105(22)64(44-51(9)10)85(122)107(24)76(53(13)14)87(124)106(23)65(46-95-60)77(115)54(15)29-27-32-67(111)92-35-36-93-68(112)33-34-94-88-99-75-57(78(100-88)109-39-37-108(38-40-109)69(113)26-2)45-58(89)71(73(75)91)72-59(90)30-28-31-66(72)110/h26,28,30-31,45,48-56,60-65,74,76-77,95,110,115H,2,25,27,29,32-44,46-47H2,1,3-24H3,(H,92,111)(H,93,112)(H,96,117)(H,97,116)(H,98,118)(H,94,99,100)/t54-,55+,56-,60+,61+,62+,63+,64+,65-,74+,76+,77-/m1/s1. The maximum Gasteiger partial charge on any atom is 0.246 e. The van der Waals surface area contributed by atoms with Crippen LogP contribution in [-0.2, 0) is 62.3 Å². The van der Waals surface area contributed by atoms with Gasteiger partial charge < -0.3 is 91.5 Å². The number of halogens is 3. The highest BCUT2D eigenvalue weighted by Gasteiger charge is 2.45. The Morgan fingerprint density at radius 1 is 0.605 bits per heavy atom. The number of hydrogen-bond donors (Lipinski definition) is 9. The predicted molar refractivity (Wildman–Crippen MR) is 472 cm³/mol. The van der Waals surface area contributed by atoms with Crippen molar-refractivity contribution in [3.8, 4) is 16.9 Å². The number of aliphatic hydroxyl groups excluding tert-OH is 1. The third-order valence-corrected chi connectivity index (χ3v) is 23.4. The molecule has 12 atom stereocenters. The van der Waals surface area contributed by atoms with Crippen molar-refractivity contribution in [2.24, 2.45) is 41.4 Å². The Balaban J connectivity index is 1.42. The van der Waals surface area contributed by atoms with E-state index in [0.29, 0.717) is 0 Å². The lowest BCUT2D eigenvalue weighted by atomic mass is 9.90. The Morgan fingerprint density at radius 2 is 1.12 bits per heavy atom. The van der Waals surface area contributed by atoms with Gasteiger partial charge in [0, 0.05) is 125 Å². The summed E-state index contributed by atoms with van der Waals surface area (Å²) in [6.07, 6.45) is 0.794. The normalized spacial score (nSPS) is 22.7. The lowest BCUT2D eigenvalue weighted by Crippen LogP contribution is -2.62. The summed E-state index contributed by atoms with van der Waals surface area (Å²) >= 11 is 6.64. The van der Waals surface area contributed by atoms with E-state index in [1.165, 1.54) is 122 Å². The molecule has 2 aliphatic heterocycles. The summed E-state index contributed by atoms with van der Waals surface area (Å²) in [6, 6.07) is -6.96. The van der Waals surface area contributed by atoms with E-state index in [2.05, 4.69) is 53.8 Å².